The summed E-state index contributed by atoms with van der Waals surface area (Å²) < 4.78 is 31.9. The molecule has 98 valence electrons. The molecule has 0 aromatic carbocycles. The van der Waals surface area contributed by atoms with Gasteiger partial charge in [0.2, 0.25) is 10.0 Å². The SMILES string of the molecule is CCc1ccc(S(=O)(=O)NCCOC(C)C)s1. The van der Waals surface area contributed by atoms with Crippen LogP contribution in [0.3, 0.4) is 0 Å². The second-order valence-electron chi connectivity index (χ2n) is 3.89. The molecule has 17 heavy (non-hydrogen) atoms. The number of thiophene rings is 1. The first-order valence-electron chi connectivity index (χ1n) is 5.65. The highest BCUT2D eigenvalue weighted by Crippen LogP contribution is 2.21. The van der Waals surface area contributed by atoms with E-state index >= 15 is 0 Å². The average Bonchev–Trinajstić information content (AvgIpc) is 2.73. The summed E-state index contributed by atoms with van der Waals surface area (Å²) in [7, 11) is -3.36. The molecular formula is C11H19NO3S2. The highest BCUT2D eigenvalue weighted by Gasteiger charge is 2.15. The number of aryl methyl sites for hydroxylation is 1. The van der Waals surface area contributed by atoms with Crippen LogP contribution in [-0.2, 0) is 21.2 Å². The third-order valence-electron chi connectivity index (χ3n) is 2.10. The Labute approximate surface area is 107 Å². The Kier molecular flexibility index (Phi) is 5.58. The van der Waals surface area contributed by atoms with Gasteiger partial charge in [-0.05, 0) is 32.4 Å². The van der Waals surface area contributed by atoms with Crippen molar-refractivity contribution >= 4 is 21.4 Å². The molecule has 1 N–H and O–H groups in total. The fraction of sp³-hybridized carbons (Fsp3) is 0.636. The van der Waals surface area contributed by atoms with Crippen molar-refractivity contribution in [1.29, 1.82) is 0 Å². The molecule has 4 nitrogen and oxygen atoms in total. The summed E-state index contributed by atoms with van der Waals surface area (Å²) >= 11 is 1.31. The van der Waals surface area contributed by atoms with Gasteiger partial charge in [0.25, 0.3) is 0 Å². The summed E-state index contributed by atoms with van der Waals surface area (Å²) in [5.74, 6) is 0. The molecular weight excluding hydrogens is 258 g/mol. The highest BCUT2D eigenvalue weighted by molar-refractivity contribution is 7.91. The minimum atomic E-state index is -3.36. The number of ether oxygens (including phenoxy) is 1. The molecule has 1 heterocycles. The maximum atomic E-state index is 11.8. The normalized spacial score (nSPS) is 12.2. The van der Waals surface area contributed by atoms with E-state index in [4.69, 9.17) is 4.74 Å². The molecule has 0 saturated carbocycles. The first-order chi connectivity index (χ1) is 7.95. The lowest BCUT2D eigenvalue weighted by molar-refractivity contribution is 0.0834. The van der Waals surface area contributed by atoms with Crippen molar-refractivity contribution in [2.45, 2.75) is 37.5 Å². The minimum absolute atomic E-state index is 0.118. The van der Waals surface area contributed by atoms with Gasteiger partial charge in [-0.15, -0.1) is 11.3 Å². The quantitative estimate of drug-likeness (QED) is 0.776. The summed E-state index contributed by atoms with van der Waals surface area (Å²) in [4.78, 5) is 1.07. The van der Waals surface area contributed by atoms with Crippen LogP contribution in [0.25, 0.3) is 0 Å². The van der Waals surface area contributed by atoms with E-state index in [2.05, 4.69) is 4.72 Å². The Morgan fingerprint density at radius 2 is 2.12 bits per heavy atom. The maximum Gasteiger partial charge on any atom is 0.250 e. The summed E-state index contributed by atoms with van der Waals surface area (Å²) in [6.07, 6.45) is 0.976. The Bertz CT molecular complexity index is 437. The summed E-state index contributed by atoms with van der Waals surface area (Å²) in [5, 5.41) is 0. The predicted octanol–water partition coefficient (Wildman–Crippen LogP) is 2.01. The molecule has 0 aliphatic rings. The zero-order valence-corrected chi connectivity index (χ0v) is 12.0. The van der Waals surface area contributed by atoms with Crippen molar-refractivity contribution < 1.29 is 13.2 Å². The van der Waals surface area contributed by atoms with Gasteiger partial charge in [-0.2, -0.15) is 0 Å². The van der Waals surface area contributed by atoms with E-state index in [-0.39, 0.29) is 6.10 Å². The average molecular weight is 277 g/mol. The largest absolute Gasteiger partial charge is 0.377 e. The summed E-state index contributed by atoms with van der Waals surface area (Å²) in [6.45, 7) is 6.54. The zero-order valence-electron chi connectivity index (χ0n) is 10.4. The molecule has 0 atom stereocenters. The van der Waals surface area contributed by atoms with Gasteiger partial charge in [0.05, 0.1) is 12.7 Å². The van der Waals surface area contributed by atoms with Gasteiger partial charge in [-0.3, -0.25) is 0 Å². The molecule has 0 bridgehead atoms. The maximum absolute atomic E-state index is 11.8. The number of rotatable bonds is 7. The molecule has 0 aliphatic heterocycles. The summed E-state index contributed by atoms with van der Waals surface area (Å²) in [5.41, 5.74) is 0. The summed E-state index contributed by atoms with van der Waals surface area (Å²) in [6, 6.07) is 3.50. The molecule has 0 amide bonds. The lowest BCUT2D eigenvalue weighted by Gasteiger charge is -2.08. The van der Waals surface area contributed by atoms with E-state index in [1.54, 1.807) is 6.07 Å². The zero-order chi connectivity index (χ0) is 12.9. The van der Waals surface area contributed by atoms with E-state index in [1.165, 1.54) is 11.3 Å². The number of nitrogens with one attached hydrogen (secondary N) is 1. The van der Waals surface area contributed by atoms with Crippen molar-refractivity contribution in [2.24, 2.45) is 0 Å². The Morgan fingerprint density at radius 1 is 1.41 bits per heavy atom. The van der Waals surface area contributed by atoms with Crippen LogP contribution in [0.4, 0.5) is 0 Å². The molecule has 0 saturated heterocycles. The molecule has 0 fully saturated rings. The first-order valence-corrected chi connectivity index (χ1v) is 7.95. The van der Waals surface area contributed by atoms with Gasteiger partial charge < -0.3 is 4.74 Å². The van der Waals surface area contributed by atoms with Crippen LogP contribution in [0.15, 0.2) is 16.3 Å². The molecule has 0 spiro atoms. The van der Waals surface area contributed by atoms with Gasteiger partial charge in [0.1, 0.15) is 4.21 Å². The fourth-order valence-electron chi connectivity index (χ4n) is 1.23. The molecule has 6 heteroatoms. The first kappa shape index (κ1) is 14.6. The number of hydrogen-bond donors (Lipinski definition) is 1. The fourth-order valence-corrected chi connectivity index (χ4v) is 3.59. The van der Waals surface area contributed by atoms with Crippen molar-refractivity contribution in [3.63, 3.8) is 0 Å². The lowest BCUT2D eigenvalue weighted by Crippen LogP contribution is -2.27. The Balaban J connectivity index is 2.51. The van der Waals surface area contributed by atoms with Crippen molar-refractivity contribution in [3.8, 4) is 0 Å². The van der Waals surface area contributed by atoms with Gasteiger partial charge in [0, 0.05) is 11.4 Å². The molecule has 0 aliphatic carbocycles. The van der Waals surface area contributed by atoms with Crippen LogP contribution in [-0.4, -0.2) is 27.7 Å². The monoisotopic (exact) mass is 277 g/mol. The standard InChI is InChI=1S/C11H19NO3S2/c1-4-10-5-6-11(16-10)17(13,14)12-7-8-15-9(2)3/h5-6,9,12H,4,7-8H2,1-3H3. The Morgan fingerprint density at radius 3 is 2.65 bits per heavy atom. The second-order valence-corrected chi connectivity index (χ2v) is 7.05. The van der Waals surface area contributed by atoms with Crippen molar-refractivity contribution in [3.05, 3.63) is 17.0 Å². The molecule has 0 unspecified atom stereocenters. The number of hydrogen-bond acceptors (Lipinski definition) is 4. The molecule has 1 rings (SSSR count). The third kappa shape index (κ3) is 4.75. The van der Waals surface area contributed by atoms with E-state index in [0.717, 1.165) is 11.3 Å². The van der Waals surface area contributed by atoms with Crippen LogP contribution in [0, 0.1) is 0 Å². The van der Waals surface area contributed by atoms with Gasteiger partial charge >= 0.3 is 0 Å². The third-order valence-corrected chi connectivity index (χ3v) is 5.28. The van der Waals surface area contributed by atoms with Crippen LogP contribution >= 0.6 is 11.3 Å². The predicted molar refractivity (Wildman–Crippen MR) is 70.0 cm³/mol. The number of sulfonamides is 1. The van der Waals surface area contributed by atoms with Gasteiger partial charge in [-0.25, -0.2) is 13.1 Å². The van der Waals surface area contributed by atoms with Crippen LogP contribution in [0.2, 0.25) is 0 Å². The van der Waals surface area contributed by atoms with E-state index in [0.29, 0.717) is 17.4 Å². The molecule has 1 aromatic heterocycles. The highest BCUT2D eigenvalue weighted by atomic mass is 32.2. The molecule has 1 aromatic rings. The molecule has 0 radical (unpaired) electrons. The van der Waals surface area contributed by atoms with E-state index < -0.39 is 10.0 Å². The van der Waals surface area contributed by atoms with Crippen LogP contribution in [0.1, 0.15) is 25.6 Å². The smallest absolute Gasteiger partial charge is 0.250 e. The second kappa shape index (κ2) is 6.49. The van der Waals surface area contributed by atoms with Crippen LogP contribution in [0.5, 0.6) is 0 Å². The lowest BCUT2D eigenvalue weighted by atomic mass is 10.4. The van der Waals surface area contributed by atoms with Crippen LogP contribution < -0.4 is 4.72 Å². The van der Waals surface area contributed by atoms with Crippen molar-refractivity contribution in [1.82, 2.24) is 4.72 Å². The Hall–Kier alpha value is -0.430. The van der Waals surface area contributed by atoms with Crippen molar-refractivity contribution in [2.75, 3.05) is 13.2 Å². The van der Waals surface area contributed by atoms with Gasteiger partial charge in [0.15, 0.2) is 0 Å². The van der Waals surface area contributed by atoms with E-state index in [9.17, 15) is 8.42 Å². The minimum Gasteiger partial charge on any atom is -0.377 e. The topological polar surface area (TPSA) is 55.4 Å². The van der Waals surface area contributed by atoms with E-state index in [1.807, 2.05) is 26.8 Å². The van der Waals surface area contributed by atoms with Gasteiger partial charge in [-0.1, -0.05) is 6.92 Å².